The average molecular weight is 351 g/mol. The number of halogens is 2. The van der Waals surface area contributed by atoms with Crippen LogP contribution in [0, 0.1) is 22.5 Å². The van der Waals surface area contributed by atoms with Crippen LogP contribution >= 0.6 is 0 Å². The molecule has 0 saturated carbocycles. The Hall–Kier alpha value is -2.28. The standard InChI is InChI=1S/C18H23F2N3O2/c1-18(2,3)15(21)9-16(24)22-17(25)14-6-7-23(14)10-11-4-5-12(19)13(20)8-11/h4-5,8-9,14,21,24H,6-7,10H2,1-3H3,(H,22,25)/b16-9-,21-15?/t14-/m0/s1. The molecule has 1 amide bonds. The highest BCUT2D eigenvalue weighted by atomic mass is 19.2. The molecule has 7 heteroatoms. The maximum absolute atomic E-state index is 13.3. The second-order valence-corrected chi connectivity index (χ2v) is 7.21. The second kappa shape index (κ2) is 7.31. The van der Waals surface area contributed by atoms with Crippen LogP contribution in [0.3, 0.4) is 0 Å². The van der Waals surface area contributed by atoms with E-state index < -0.39 is 23.1 Å². The zero-order valence-corrected chi connectivity index (χ0v) is 14.6. The minimum absolute atomic E-state index is 0.192. The minimum atomic E-state index is -0.916. The number of hydrogen-bond acceptors (Lipinski definition) is 4. The molecule has 5 nitrogen and oxygen atoms in total. The molecule has 1 aromatic carbocycles. The smallest absolute Gasteiger partial charge is 0.244 e. The van der Waals surface area contributed by atoms with Gasteiger partial charge in [0.05, 0.1) is 6.04 Å². The number of amides is 1. The molecular weight excluding hydrogens is 328 g/mol. The van der Waals surface area contributed by atoms with E-state index in [9.17, 15) is 18.7 Å². The molecule has 1 fully saturated rings. The van der Waals surface area contributed by atoms with Gasteiger partial charge in [0.2, 0.25) is 5.91 Å². The molecule has 0 unspecified atom stereocenters. The minimum Gasteiger partial charge on any atom is -0.494 e. The number of benzene rings is 1. The Bertz CT molecular complexity index is 711. The first-order chi connectivity index (χ1) is 11.6. The number of rotatable bonds is 5. The van der Waals surface area contributed by atoms with Gasteiger partial charge in [0, 0.05) is 30.3 Å². The summed E-state index contributed by atoms with van der Waals surface area (Å²) >= 11 is 0. The third-order valence-corrected chi connectivity index (χ3v) is 4.14. The Morgan fingerprint density at radius 2 is 2.08 bits per heavy atom. The van der Waals surface area contributed by atoms with E-state index in [1.165, 1.54) is 12.1 Å². The summed E-state index contributed by atoms with van der Waals surface area (Å²) < 4.78 is 26.2. The molecule has 136 valence electrons. The highest BCUT2D eigenvalue weighted by molar-refractivity contribution is 5.97. The molecule has 1 aliphatic rings. The third kappa shape index (κ3) is 4.85. The monoisotopic (exact) mass is 351 g/mol. The largest absolute Gasteiger partial charge is 0.494 e. The van der Waals surface area contributed by atoms with Crippen molar-refractivity contribution < 1.29 is 18.7 Å². The summed E-state index contributed by atoms with van der Waals surface area (Å²) in [4.78, 5) is 14.0. The number of nitrogens with one attached hydrogen (secondary N) is 2. The predicted octanol–water partition coefficient (Wildman–Crippen LogP) is 3.12. The number of hydrogen-bond donors (Lipinski definition) is 3. The van der Waals surface area contributed by atoms with Crippen LogP contribution in [0.2, 0.25) is 0 Å². The number of nitrogens with zero attached hydrogens (tertiary/aromatic N) is 1. The van der Waals surface area contributed by atoms with Crippen LogP contribution in [0.25, 0.3) is 0 Å². The highest BCUT2D eigenvalue weighted by Crippen LogP contribution is 2.22. The van der Waals surface area contributed by atoms with Crippen molar-refractivity contribution in [2.24, 2.45) is 5.41 Å². The van der Waals surface area contributed by atoms with E-state index in [0.29, 0.717) is 25.1 Å². The molecule has 0 spiro atoms. The predicted molar refractivity (Wildman–Crippen MR) is 91.2 cm³/mol. The molecule has 1 heterocycles. The van der Waals surface area contributed by atoms with Gasteiger partial charge in [-0.3, -0.25) is 15.0 Å². The Morgan fingerprint density at radius 3 is 2.60 bits per heavy atom. The highest BCUT2D eigenvalue weighted by Gasteiger charge is 2.34. The Labute approximate surface area is 145 Å². The number of aliphatic hydroxyl groups excluding tert-OH is 1. The van der Waals surface area contributed by atoms with E-state index in [1.807, 2.05) is 25.7 Å². The van der Waals surface area contributed by atoms with Crippen LogP contribution in [0.1, 0.15) is 32.8 Å². The van der Waals surface area contributed by atoms with Gasteiger partial charge in [-0.05, 0) is 24.1 Å². The summed E-state index contributed by atoms with van der Waals surface area (Å²) in [5.74, 6) is -2.58. The molecule has 1 atom stereocenters. The van der Waals surface area contributed by atoms with E-state index >= 15 is 0 Å². The van der Waals surface area contributed by atoms with Crippen LogP contribution in [0.4, 0.5) is 8.78 Å². The van der Waals surface area contributed by atoms with E-state index in [-0.39, 0.29) is 17.5 Å². The van der Waals surface area contributed by atoms with Crippen LogP contribution < -0.4 is 5.32 Å². The molecule has 25 heavy (non-hydrogen) atoms. The van der Waals surface area contributed by atoms with Crippen molar-refractivity contribution in [2.45, 2.75) is 39.8 Å². The molecule has 0 bridgehead atoms. The Balaban J connectivity index is 1.95. The van der Waals surface area contributed by atoms with Crippen molar-refractivity contribution in [3.8, 4) is 0 Å². The van der Waals surface area contributed by atoms with Crippen LogP contribution in [-0.2, 0) is 11.3 Å². The quantitative estimate of drug-likeness (QED) is 0.563. The van der Waals surface area contributed by atoms with E-state index in [2.05, 4.69) is 5.32 Å². The van der Waals surface area contributed by atoms with Crippen molar-refractivity contribution in [3.63, 3.8) is 0 Å². The maximum Gasteiger partial charge on any atom is 0.244 e. The van der Waals surface area contributed by atoms with Gasteiger partial charge < -0.3 is 10.5 Å². The Morgan fingerprint density at radius 1 is 1.40 bits per heavy atom. The lowest BCUT2D eigenvalue weighted by atomic mass is 9.90. The van der Waals surface area contributed by atoms with Gasteiger partial charge in [-0.15, -0.1) is 0 Å². The topological polar surface area (TPSA) is 76.4 Å². The first-order valence-corrected chi connectivity index (χ1v) is 8.06. The summed E-state index contributed by atoms with van der Waals surface area (Å²) in [6.07, 6.45) is 1.83. The first-order valence-electron chi connectivity index (χ1n) is 8.06. The second-order valence-electron chi connectivity index (χ2n) is 7.21. The third-order valence-electron chi connectivity index (χ3n) is 4.14. The summed E-state index contributed by atoms with van der Waals surface area (Å²) in [6.45, 7) is 6.46. The van der Waals surface area contributed by atoms with Gasteiger partial charge in [-0.25, -0.2) is 8.78 Å². The fourth-order valence-electron chi connectivity index (χ4n) is 2.40. The summed E-state index contributed by atoms with van der Waals surface area (Å²) in [5, 5.41) is 20.1. The average Bonchev–Trinajstić information content (AvgIpc) is 2.45. The lowest BCUT2D eigenvalue weighted by Gasteiger charge is -2.39. The number of aliphatic hydroxyl groups is 1. The summed E-state index contributed by atoms with van der Waals surface area (Å²) in [5.41, 5.74) is 0.330. The van der Waals surface area contributed by atoms with Gasteiger partial charge in [0.15, 0.2) is 17.5 Å². The first kappa shape index (κ1) is 19.1. The van der Waals surface area contributed by atoms with Gasteiger partial charge in [0.25, 0.3) is 0 Å². The summed E-state index contributed by atoms with van der Waals surface area (Å²) in [6, 6.07) is 3.21. The fourth-order valence-corrected chi connectivity index (χ4v) is 2.40. The number of carbonyl (C=O) groups is 1. The molecule has 1 aromatic rings. The number of carbonyl (C=O) groups excluding carboxylic acids is 1. The molecule has 3 N–H and O–H groups in total. The van der Waals surface area contributed by atoms with Crippen molar-refractivity contribution in [3.05, 3.63) is 47.4 Å². The summed E-state index contributed by atoms with van der Waals surface area (Å²) in [7, 11) is 0. The lowest BCUT2D eigenvalue weighted by Crippen LogP contribution is -2.55. The fraction of sp³-hybridized carbons (Fsp3) is 0.444. The normalized spacial score (nSPS) is 18.6. The lowest BCUT2D eigenvalue weighted by molar-refractivity contribution is -0.131. The maximum atomic E-state index is 13.3. The van der Waals surface area contributed by atoms with E-state index in [4.69, 9.17) is 5.41 Å². The van der Waals surface area contributed by atoms with Crippen LogP contribution in [0.5, 0.6) is 0 Å². The zero-order valence-electron chi connectivity index (χ0n) is 14.6. The van der Waals surface area contributed by atoms with Crippen LogP contribution in [-0.4, -0.2) is 34.2 Å². The van der Waals surface area contributed by atoms with Crippen LogP contribution in [0.15, 0.2) is 30.2 Å². The molecule has 0 aromatic heterocycles. The molecule has 0 aliphatic carbocycles. The van der Waals surface area contributed by atoms with Gasteiger partial charge in [0.1, 0.15) is 0 Å². The zero-order chi connectivity index (χ0) is 18.8. The molecular formula is C18H23F2N3O2. The number of likely N-dealkylation sites (tertiary alicyclic amines) is 1. The Kier molecular flexibility index (Phi) is 5.57. The van der Waals surface area contributed by atoms with E-state index in [1.54, 1.807) is 0 Å². The number of allylic oxidation sites excluding steroid dienone is 1. The van der Waals surface area contributed by atoms with Crippen molar-refractivity contribution in [1.29, 1.82) is 5.41 Å². The SMILES string of the molecule is CC(C)(C)C(=N)/C=C(\O)NC(=O)[C@@H]1CCN1Cc1ccc(F)c(F)c1. The molecule has 1 saturated heterocycles. The van der Waals surface area contributed by atoms with Gasteiger partial charge in [-0.2, -0.15) is 0 Å². The van der Waals surface area contributed by atoms with Crippen molar-refractivity contribution in [1.82, 2.24) is 10.2 Å². The van der Waals surface area contributed by atoms with Crippen molar-refractivity contribution >= 4 is 11.6 Å². The van der Waals surface area contributed by atoms with Gasteiger partial charge >= 0.3 is 0 Å². The van der Waals surface area contributed by atoms with Crippen molar-refractivity contribution in [2.75, 3.05) is 6.54 Å². The molecule has 1 aliphatic heterocycles. The molecule has 0 radical (unpaired) electrons. The van der Waals surface area contributed by atoms with Gasteiger partial charge in [-0.1, -0.05) is 26.8 Å². The molecule has 2 rings (SSSR count). The van der Waals surface area contributed by atoms with E-state index in [0.717, 1.165) is 12.1 Å².